The molecular weight excluding hydrogens is 393 g/mol. The van der Waals surface area contributed by atoms with Crippen molar-refractivity contribution >= 4 is 17.7 Å². The van der Waals surface area contributed by atoms with Gasteiger partial charge in [0.2, 0.25) is 0 Å². The zero-order valence-corrected chi connectivity index (χ0v) is 17.1. The van der Waals surface area contributed by atoms with Gasteiger partial charge in [-0.25, -0.2) is 0 Å². The maximum Gasteiger partial charge on any atom is 0.413 e. The first-order valence-corrected chi connectivity index (χ1v) is 10.8. The van der Waals surface area contributed by atoms with E-state index in [2.05, 4.69) is 0 Å². The molecule has 0 aromatic heterocycles. The molecule has 8 heteroatoms. The average molecular weight is 425 g/mol. The zero-order valence-electron chi connectivity index (χ0n) is 16.2. The molecule has 0 aromatic rings. The lowest BCUT2D eigenvalue weighted by molar-refractivity contribution is -0.137. The second-order valence-corrected chi connectivity index (χ2v) is 8.28. The first-order chi connectivity index (χ1) is 13.2. The fourth-order valence-electron chi connectivity index (χ4n) is 3.15. The van der Waals surface area contributed by atoms with Gasteiger partial charge in [0.25, 0.3) is 0 Å². The lowest BCUT2D eigenvalue weighted by Gasteiger charge is -2.16. The van der Waals surface area contributed by atoms with E-state index in [1.54, 1.807) is 0 Å². The summed E-state index contributed by atoms with van der Waals surface area (Å²) in [5, 5.41) is 28.8. The predicted octanol–water partition coefficient (Wildman–Crippen LogP) is 5.06. The molecule has 0 saturated heterocycles. The number of carboxylic acids is 1. The number of hydrogen-bond acceptors (Lipinski definition) is 4. The molecule has 162 valence electrons. The number of hydrogen-bond donors (Lipinski definition) is 3. The summed E-state index contributed by atoms with van der Waals surface area (Å²) in [6.45, 7) is 2.05. The summed E-state index contributed by atoms with van der Waals surface area (Å²) in [5.74, 6) is -1.21. The normalized spacial score (nSPS) is 21.6. The zero-order chi connectivity index (χ0) is 21.2. The van der Waals surface area contributed by atoms with Gasteiger partial charge in [-0.15, -0.1) is 11.8 Å². The summed E-state index contributed by atoms with van der Waals surface area (Å²) in [5.41, 5.74) is -0.689. The Morgan fingerprint density at radius 1 is 1.25 bits per heavy atom. The summed E-state index contributed by atoms with van der Waals surface area (Å²) in [4.78, 5) is 10.6. The number of halogens is 3. The molecule has 1 rings (SSSR count). The number of alkyl halides is 3. The van der Waals surface area contributed by atoms with Crippen LogP contribution >= 0.6 is 11.8 Å². The van der Waals surface area contributed by atoms with Crippen molar-refractivity contribution in [3.05, 3.63) is 22.6 Å². The number of rotatable bonds is 13. The molecule has 3 N–H and O–H groups in total. The third-order valence-electron chi connectivity index (χ3n) is 4.71. The maximum absolute atomic E-state index is 13.4. The first kappa shape index (κ1) is 25.0. The van der Waals surface area contributed by atoms with E-state index >= 15 is 0 Å². The van der Waals surface area contributed by atoms with E-state index in [-0.39, 0.29) is 11.3 Å². The topological polar surface area (TPSA) is 77.8 Å². The molecule has 0 amide bonds. The first-order valence-electron chi connectivity index (χ1n) is 9.86. The van der Waals surface area contributed by atoms with Crippen molar-refractivity contribution in [1.82, 2.24) is 0 Å². The van der Waals surface area contributed by atoms with Gasteiger partial charge in [0, 0.05) is 29.2 Å². The van der Waals surface area contributed by atoms with Crippen LogP contribution in [0.5, 0.6) is 0 Å². The van der Waals surface area contributed by atoms with Gasteiger partial charge in [-0.2, -0.15) is 13.2 Å². The number of aliphatic hydroxyl groups excluding tert-OH is 2. The number of carbonyl (C=O) groups is 1. The van der Waals surface area contributed by atoms with E-state index in [1.165, 1.54) is 12.2 Å². The molecule has 0 aliphatic heterocycles. The molecule has 0 unspecified atom stereocenters. The Morgan fingerprint density at radius 2 is 1.96 bits per heavy atom. The third-order valence-corrected chi connectivity index (χ3v) is 6.03. The van der Waals surface area contributed by atoms with Crippen LogP contribution in [0.15, 0.2) is 22.6 Å². The van der Waals surface area contributed by atoms with Crippen molar-refractivity contribution in [2.24, 2.45) is 5.92 Å². The largest absolute Gasteiger partial charge is 0.481 e. The van der Waals surface area contributed by atoms with Gasteiger partial charge in [0.15, 0.2) is 0 Å². The number of thioether (sulfide) groups is 1. The monoisotopic (exact) mass is 424 g/mol. The molecule has 0 spiro atoms. The van der Waals surface area contributed by atoms with Crippen LogP contribution in [-0.2, 0) is 4.79 Å². The van der Waals surface area contributed by atoms with Crippen LogP contribution in [0.4, 0.5) is 13.2 Å². The van der Waals surface area contributed by atoms with E-state index in [1.807, 2.05) is 6.92 Å². The molecule has 0 saturated carbocycles. The number of carboxylic acid groups (broad SMARTS) is 1. The SMILES string of the molecule is CCCCC[C@H](O)/C=C/[C@@H]1C(SCCCCCC(=O)O)=C(C(F)(F)F)C[C@H]1O. The van der Waals surface area contributed by atoms with E-state index in [0.29, 0.717) is 31.4 Å². The fourth-order valence-corrected chi connectivity index (χ4v) is 4.52. The standard InChI is InChI=1S/C20H31F3O4S/c1-2-3-5-8-14(24)10-11-15-17(25)13-16(20(21,22)23)19(15)28-12-7-4-6-9-18(26)27/h10-11,14-15,17,24-25H,2-9,12-13H2,1H3,(H,26,27)/b11-10+/t14-,15-,17+/m0/s1. The minimum Gasteiger partial charge on any atom is -0.481 e. The Bertz CT molecular complexity index is 546. The number of unbranched alkanes of at least 4 members (excludes halogenated alkanes) is 4. The smallest absolute Gasteiger partial charge is 0.413 e. The Kier molecular flexibility index (Phi) is 11.2. The second kappa shape index (κ2) is 12.5. The third kappa shape index (κ3) is 9.01. The lowest BCUT2D eigenvalue weighted by Crippen LogP contribution is -2.15. The van der Waals surface area contributed by atoms with Gasteiger partial charge in [0.05, 0.1) is 12.2 Å². The maximum atomic E-state index is 13.4. The van der Waals surface area contributed by atoms with Crippen LogP contribution < -0.4 is 0 Å². The average Bonchev–Trinajstić information content (AvgIpc) is 2.92. The van der Waals surface area contributed by atoms with Crippen LogP contribution in [0.3, 0.4) is 0 Å². The molecule has 0 aromatic carbocycles. The molecule has 3 atom stereocenters. The summed E-state index contributed by atoms with van der Waals surface area (Å²) < 4.78 is 40.1. The second-order valence-electron chi connectivity index (χ2n) is 7.14. The Morgan fingerprint density at radius 3 is 2.57 bits per heavy atom. The number of aliphatic hydroxyl groups is 2. The molecule has 0 bridgehead atoms. The molecule has 0 fully saturated rings. The highest BCUT2D eigenvalue weighted by atomic mass is 32.2. The summed E-state index contributed by atoms with van der Waals surface area (Å²) in [6.07, 6.45) is 1.39. The summed E-state index contributed by atoms with van der Waals surface area (Å²) >= 11 is 1.08. The molecule has 1 aliphatic carbocycles. The van der Waals surface area contributed by atoms with Gasteiger partial charge in [-0.1, -0.05) is 44.8 Å². The molecule has 1 aliphatic rings. The minimum absolute atomic E-state index is 0.0567. The van der Waals surface area contributed by atoms with E-state index in [0.717, 1.165) is 31.0 Å². The van der Waals surface area contributed by atoms with Crippen molar-refractivity contribution in [2.75, 3.05) is 5.75 Å². The van der Waals surface area contributed by atoms with Crippen LogP contribution in [-0.4, -0.2) is 45.4 Å². The van der Waals surface area contributed by atoms with Gasteiger partial charge < -0.3 is 15.3 Å². The van der Waals surface area contributed by atoms with Crippen LogP contribution in [0, 0.1) is 5.92 Å². The minimum atomic E-state index is -4.49. The summed E-state index contributed by atoms with van der Waals surface area (Å²) in [6, 6.07) is 0. The van der Waals surface area contributed by atoms with Gasteiger partial charge in [-0.3, -0.25) is 4.79 Å². The Labute approximate surface area is 168 Å². The van der Waals surface area contributed by atoms with Crippen molar-refractivity contribution in [3.8, 4) is 0 Å². The van der Waals surface area contributed by atoms with Gasteiger partial charge in [-0.05, 0) is 25.0 Å². The van der Waals surface area contributed by atoms with E-state index < -0.39 is 42.3 Å². The van der Waals surface area contributed by atoms with E-state index in [9.17, 15) is 28.2 Å². The highest BCUT2D eigenvalue weighted by Crippen LogP contribution is 2.47. The quantitative estimate of drug-likeness (QED) is 0.285. The van der Waals surface area contributed by atoms with Crippen LogP contribution in [0.1, 0.15) is 64.7 Å². The molecular formula is C20H31F3O4S. The summed E-state index contributed by atoms with van der Waals surface area (Å²) in [7, 11) is 0. The van der Waals surface area contributed by atoms with Crippen molar-refractivity contribution < 1.29 is 33.3 Å². The Balaban J connectivity index is 2.71. The van der Waals surface area contributed by atoms with Crippen molar-refractivity contribution in [2.45, 2.75) is 83.1 Å². The van der Waals surface area contributed by atoms with Crippen LogP contribution in [0.25, 0.3) is 0 Å². The predicted molar refractivity (Wildman–Crippen MR) is 105 cm³/mol. The van der Waals surface area contributed by atoms with Crippen molar-refractivity contribution in [3.63, 3.8) is 0 Å². The highest BCUT2D eigenvalue weighted by molar-refractivity contribution is 8.03. The molecule has 0 radical (unpaired) electrons. The van der Waals surface area contributed by atoms with Crippen LogP contribution in [0.2, 0.25) is 0 Å². The van der Waals surface area contributed by atoms with E-state index in [4.69, 9.17) is 5.11 Å². The van der Waals surface area contributed by atoms with Gasteiger partial charge >= 0.3 is 12.1 Å². The fraction of sp³-hybridized carbons (Fsp3) is 0.750. The van der Waals surface area contributed by atoms with Gasteiger partial charge in [0.1, 0.15) is 0 Å². The molecule has 0 heterocycles. The highest BCUT2D eigenvalue weighted by Gasteiger charge is 2.45. The Hall–Kier alpha value is -0.990. The molecule has 28 heavy (non-hydrogen) atoms. The van der Waals surface area contributed by atoms with Crippen molar-refractivity contribution in [1.29, 1.82) is 0 Å². The molecule has 4 nitrogen and oxygen atoms in total. The number of aliphatic carboxylic acids is 1. The lowest BCUT2D eigenvalue weighted by atomic mass is 10.0.